The number of hydrogen-bond acceptors (Lipinski definition) is 4. The molecule has 0 spiro atoms. The molecular weight excluding hydrogens is 252 g/mol. The van der Waals surface area contributed by atoms with Crippen molar-refractivity contribution in [3.05, 3.63) is 41.6 Å². The van der Waals surface area contributed by atoms with Crippen LogP contribution < -0.4 is 11.1 Å². The quantitative estimate of drug-likeness (QED) is 0.693. The van der Waals surface area contributed by atoms with E-state index in [1.165, 1.54) is 13.1 Å². The minimum absolute atomic E-state index is 0.00717. The summed E-state index contributed by atoms with van der Waals surface area (Å²) in [6.07, 6.45) is 0.678. The fraction of sp³-hybridized carbons (Fsp3) is 0.438. The third-order valence-electron chi connectivity index (χ3n) is 3.32. The molecule has 1 aromatic carbocycles. The highest BCUT2D eigenvalue weighted by Gasteiger charge is 2.24. The Labute approximate surface area is 120 Å². The van der Waals surface area contributed by atoms with Gasteiger partial charge in [-0.05, 0) is 42.7 Å². The van der Waals surface area contributed by atoms with Crippen LogP contribution in [0.15, 0.2) is 30.5 Å². The van der Waals surface area contributed by atoms with Gasteiger partial charge in [0.2, 0.25) is 0 Å². The maximum Gasteiger partial charge on any atom is 0.151 e. The minimum Gasteiger partial charge on any atom is -0.404 e. The van der Waals surface area contributed by atoms with E-state index in [0.29, 0.717) is 5.57 Å². The van der Waals surface area contributed by atoms with Gasteiger partial charge in [0.05, 0.1) is 6.04 Å². The van der Waals surface area contributed by atoms with E-state index in [-0.39, 0.29) is 11.7 Å². The van der Waals surface area contributed by atoms with Crippen LogP contribution in [0.2, 0.25) is 0 Å². The van der Waals surface area contributed by atoms with E-state index in [0.717, 1.165) is 11.1 Å². The van der Waals surface area contributed by atoms with Crippen LogP contribution in [0.1, 0.15) is 31.9 Å². The third kappa shape index (κ3) is 3.92. The van der Waals surface area contributed by atoms with Crippen LogP contribution in [0.5, 0.6) is 0 Å². The molecule has 0 bridgehead atoms. The topological polar surface area (TPSA) is 75.3 Å². The van der Waals surface area contributed by atoms with E-state index in [1.807, 2.05) is 45.0 Å². The van der Waals surface area contributed by atoms with E-state index in [9.17, 15) is 9.90 Å². The number of aliphatic hydroxyl groups excluding tert-OH is 1. The summed E-state index contributed by atoms with van der Waals surface area (Å²) in [6.45, 7) is 7.23. The molecule has 0 aliphatic carbocycles. The zero-order valence-corrected chi connectivity index (χ0v) is 12.6. The summed E-state index contributed by atoms with van der Waals surface area (Å²) in [5.74, 6) is -0.0719. The van der Waals surface area contributed by atoms with Gasteiger partial charge in [-0.1, -0.05) is 38.1 Å². The Bertz CT molecular complexity index is 495. The molecule has 20 heavy (non-hydrogen) atoms. The molecule has 0 saturated heterocycles. The Morgan fingerprint density at radius 2 is 1.95 bits per heavy atom. The first-order valence-corrected chi connectivity index (χ1v) is 6.80. The van der Waals surface area contributed by atoms with Gasteiger partial charge in [-0.2, -0.15) is 0 Å². The molecule has 1 rings (SSSR count). The highest BCUT2D eigenvalue weighted by Crippen LogP contribution is 2.22. The Kier molecular flexibility index (Phi) is 5.92. The van der Waals surface area contributed by atoms with Gasteiger partial charge < -0.3 is 10.8 Å². The lowest BCUT2D eigenvalue weighted by Gasteiger charge is -2.25. The summed E-state index contributed by atoms with van der Waals surface area (Å²) in [5.41, 5.74) is 8.37. The van der Waals surface area contributed by atoms with Crippen molar-refractivity contribution >= 4 is 11.4 Å². The van der Waals surface area contributed by atoms with Crippen molar-refractivity contribution < 1.29 is 9.90 Å². The van der Waals surface area contributed by atoms with Crippen LogP contribution >= 0.6 is 0 Å². The van der Waals surface area contributed by atoms with Gasteiger partial charge >= 0.3 is 0 Å². The van der Waals surface area contributed by atoms with E-state index in [2.05, 4.69) is 5.32 Å². The number of Topliss-reactive ketones (excluding diaryl/α,β-unsaturated/α-hetero) is 1. The minimum atomic E-state index is -0.761. The van der Waals surface area contributed by atoms with Gasteiger partial charge in [0.25, 0.3) is 0 Å². The van der Waals surface area contributed by atoms with Gasteiger partial charge in [-0.3, -0.25) is 10.1 Å². The van der Waals surface area contributed by atoms with Crippen LogP contribution in [-0.2, 0) is 4.79 Å². The van der Waals surface area contributed by atoms with Crippen LogP contribution in [0.25, 0.3) is 5.57 Å². The average molecular weight is 276 g/mol. The van der Waals surface area contributed by atoms with Crippen molar-refractivity contribution in [2.75, 3.05) is 0 Å². The normalized spacial score (nSPS) is 15.2. The highest BCUT2D eigenvalue weighted by molar-refractivity contribution is 5.96. The molecule has 0 aliphatic heterocycles. The van der Waals surface area contributed by atoms with Crippen molar-refractivity contribution in [1.82, 2.24) is 5.32 Å². The van der Waals surface area contributed by atoms with E-state index in [1.54, 1.807) is 0 Å². The molecule has 2 atom stereocenters. The zero-order chi connectivity index (χ0) is 15.3. The fourth-order valence-electron chi connectivity index (χ4n) is 2.03. The summed E-state index contributed by atoms with van der Waals surface area (Å²) >= 11 is 0. The van der Waals surface area contributed by atoms with Gasteiger partial charge in [0.1, 0.15) is 6.23 Å². The van der Waals surface area contributed by atoms with Crippen LogP contribution in [0.4, 0.5) is 0 Å². The molecular formula is C16H24N2O2. The van der Waals surface area contributed by atoms with Crippen LogP contribution in [0, 0.1) is 12.8 Å². The van der Waals surface area contributed by atoms with Crippen molar-refractivity contribution in [3.8, 4) is 0 Å². The van der Waals surface area contributed by atoms with Crippen molar-refractivity contribution in [2.45, 2.75) is 40.0 Å². The molecule has 0 amide bonds. The standard InChI is InChI=1S/C16H24N2O2/c1-10(2)16(20)18-15(12(4)19)14(9-17)13-8-6-5-7-11(13)3/h5-10,15-16,18,20H,17H2,1-4H3/b14-9+. The van der Waals surface area contributed by atoms with E-state index >= 15 is 0 Å². The number of nitrogens with two attached hydrogens (primary N) is 1. The third-order valence-corrected chi connectivity index (χ3v) is 3.32. The van der Waals surface area contributed by atoms with Crippen LogP contribution in [0.3, 0.4) is 0 Å². The molecule has 4 nitrogen and oxygen atoms in total. The lowest BCUT2D eigenvalue weighted by molar-refractivity contribution is -0.118. The second-order valence-corrected chi connectivity index (χ2v) is 5.34. The van der Waals surface area contributed by atoms with Gasteiger partial charge in [0.15, 0.2) is 5.78 Å². The monoisotopic (exact) mass is 276 g/mol. The molecule has 0 aliphatic rings. The summed E-state index contributed by atoms with van der Waals surface area (Å²) in [4.78, 5) is 11.9. The fourth-order valence-corrected chi connectivity index (χ4v) is 2.03. The van der Waals surface area contributed by atoms with Crippen LogP contribution in [-0.4, -0.2) is 23.2 Å². The molecule has 2 unspecified atom stereocenters. The Morgan fingerprint density at radius 3 is 2.40 bits per heavy atom. The number of carbonyl (C=O) groups excluding carboxylic acids is 1. The molecule has 0 fully saturated rings. The number of rotatable bonds is 6. The molecule has 4 heteroatoms. The molecule has 0 radical (unpaired) electrons. The second-order valence-electron chi connectivity index (χ2n) is 5.34. The summed E-state index contributed by atoms with van der Waals surface area (Å²) in [5, 5.41) is 12.9. The number of ketones is 1. The number of hydrogen-bond donors (Lipinski definition) is 3. The zero-order valence-electron chi connectivity index (χ0n) is 12.6. The molecule has 1 aromatic rings. The predicted octanol–water partition coefficient (Wildman–Crippen LogP) is 1.82. The first-order valence-electron chi connectivity index (χ1n) is 6.80. The summed E-state index contributed by atoms with van der Waals surface area (Å²) in [6, 6.07) is 7.12. The number of aliphatic hydroxyl groups is 1. The van der Waals surface area contributed by atoms with E-state index < -0.39 is 12.3 Å². The SMILES string of the molecule is CC(=O)C(NC(O)C(C)C)/C(=C/N)c1ccccc1C. The Morgan fingerprint density at radius 1 is 1.35 bits per heavy atom. The van der Waals surface area contributed by atoms with Gasteiger partial charge in [-0.25, -0.2) is 0 Å². The smallest absolute Gasteiger partial charge is 0.151 e. The lowest BCUT2D eigenvalue weighted by atomic mass is 9.93. The Hall–Kier alpha value is -1.65. The van der Waals surface area contributed by atoms with Gasteiger partial charge in [-0.15, -0.1) is 0 Å². The first kappa shape index (κ1) is 16.4. The average Bonchev–Trinajstić information content (AvgIpc) is 2.39. The van der Waals surface area contributed by atoms with Crippen molar-refractivity contribution in [2.24, 2.45) is 11.7 Å². The maximum absolute atomic E-state index is 11.9. The maximum atomic E-state index is 11.9. The molecule has 4 N–H and O–H groups in total. The lowest BCUT2D eigenvalue weighted by Crippen LogP contribution is -2.45. The Balaban J connectivity index is 3.12. The van der Waals surface area contributed by atoms with Crippen molar-refractivity contribution in [3.63, 3.8) is 0 Å². The molecule has 0 aromatic heterocycles. The first-order chi connectivity index (χ1) is 9.38. The molecule has 0 heterocycles. The summed E-state index contributed by atoms with van der Waals surface area (Å²) < 4.78 is 0. The van der Waals surface area contributed by atoms with Crippen molar-refractivity contribution in [1.29, 1.82) is 0 Å². The number of nitrogens with one attached hydrogen (secondary N) is 1. The highest BCUT2D eigenvalue weighted by atomic mass is 16.3. The molecule has 0 saturated carbocycles. The molecule has 110 valence electrons. The van der Waals surface area contributed by atoms with Gasteiger partial charge in [0, 0.05) is 0 Å². The second kappa shape index (κ2) is 7.22. The van der Waals surface area contributed by atoms with E-state index in [4.69, 9.17) is 5.73 Å². The summed E-state index contributed by atoms with van der Waals surface area (Å²) in [7, 11) is 0. The number of carbonyl (C=O) groups is 1. The number of benzene rings is 1. The predicted molar refractivity (Wildman–Crippen MR) is 81.8 cm³/mol. The largest absolute Gasteiger partial charge is 0.404 e. The number of aryl methyl sites for hydroxylation is 1.